The van der Waals surface area contributed by atoms with Gasteiger partial charge in [0.25, 0.3) is 5.91 Å². The van der Waals surface area contributed by atoms with Crippen LogP contribution in [0.15, 0.2) is 46.9 Å². The SMILES string of the molecule is CCOc1cccc2cc(C(C)NC(=O)c3ccc(C)cc3C)oc12. The second kappa shape index (κ2) is 7.01. The third kappa shape index (κ3) is 3.53. The number of furan rings is 1. The number of aryl methyl sites for hydroxylation is 2. The van der Waals surface area contributed by atoms with Crippen LogP contribution in [0.25, 0.3) is 11.0 Å². The highest BCUT2D eigenvalue weighted by atomic mass is 16.5. The fourth-order valence-corrected chi connectivity index (χ4v) is 2.95. The molecule has 2 aromatic carbocycles. The Kier molecular flexibility index (Phi) is 4.79. The molecule has 4 nitrogen and oxygen atoms in total. The van der Waals surface area contributed by atoms with Gasteiger partial charge in [0, 0.05) is 10.9 Å². The summed E-state index contributed by atoms with van der Waals surface area (Å²) < 4.78 is 11.6. The number of carbonyl (C=O) groups is 1. The van der Waals surface area contributed by atoms with Crippen molar-refractivity contribution < 1.29 is 13.9 Å². The normalized spacial score (nSPS) is 12.2. The van der Waals surface area contributed by atoms with Crippen LogP contribution in [0.3, 0.4) is 0 Å². The van der Waals surface area contributed by atoms with Gasteiger partial charge in [0.15, 0.2) is 11.3 Å². The van der Waals surface area contributed by atoms with Gasteiger partial charge >= 0.3 is 0 Å². The van der Waals surface area contributed by atoms with Crippen molar-refractivity contribution in [1.82, 2.24) is 5.32 Å². The molecule has 1 unspecified atom stereocenters. The first kappa shape index (κ1) is 17.1. The number of ether oxygens (including phenoxy) is 1. The maximum absolute atomic E-state index is 12.6. The molecule has 3 aromatic rings. The molecular weight excluding hydrogens is 314 g/mol. The van der Waals surface area contributed by atoms with Crippen LogP contribution in [0.1, 0.15) is 47.1 Å². The van der Waals surface area contributed by atoms with Crippen molar-refractivity contribution in [3.05, 3.63) is 64.9 Å². The maximum Gasteiger partial charge on any atom is 0.252 e. The van der Waals surface area contributed by atoms with E-state index in [1.165, 1.54) is 0 Å². The zero-order valence-electron chi connectivity index (χ0n) is 15.1. The van der Waals surface area contributed by atoms with Crippen molar-refractivity contribution in [1.29, 1.82) is 0 Å². The number of para-hydroxylation sites is 1. The molecule has 0 saturated heterocycles. The lowest BCUT2D eigenvalue weighted by Gasteiger charge is -2.13. The van der Waals surface area contributed by atoms with Crippen molar-refractivity contribution in [2.75, 3.05) is 6.61 Å². The van der Waals surface area contributed by atoms with E-state index in [-0.39, 0.29) is 11.9 Å². The number of amides is 1. The Bertz CT molecular complexity index is 911. The molecule has 3 rings (SSSR count). The number of fused-ring (bicyclic) bond motifs is 1. The summed E-state index contributed by atoms with van der Waals surface area (Å²) >= 11 is 0. The van der Waals surface area contributed by atoms with Gasteiger partial charge in [0.1, 0.15) is 5.76 Å². The topological polar surface area (TPSA) is 51.5 Å². The molecule has 0 aliphatic rings. The van der Waals surface area contributed by atoms with Gasteiger partial charge < -0.3 is 14.5 Å². The van der Waals surface area contributed by atoms with Crippen LogP contribution in [0.5, 0.6) is 5.75 Å². The van der Waals surface area contributed by atoms with Gasteiger partial charge in [0.2, 0.25) is 0 Å². The average molecular weight is 337 g/mol. The Labute approximate surface area is 147 Å². The Morgan fingerprint density at radius 2 is 2.00 bits per heavy atom. The second-order valence-electron chi connectivity index (χ2n) is 6.27. The summed E-state index contributed by atoms with van der Waals surface area (Å²) in [5.74, 6) is 1.33. The van der Waals surface area contributed by atoms with E-state index in [1.54, 1.807) is 0 Å². The lowest BCUT2D eigenvalue weighted by Crippen LogP contribution is -2.27. The van der Waals surface area contributed by atoms with E-state index < -0.39 is 0 Å². The van der Waals surface area contributed by atoms with Gasteiger partial charge in [-0.05, 0) is 51.5 Å². The molecular formula is C21H23NO3. The summed E-state index contributed by atoms with van der Waals surface area (Å²) in [6.07, 6.45) is 0. The van der Waals surface area contributed by atoms with E-state index in [4.69, 9.17) is 9.15 Å². The smallest absolute Gasteiger partial charge is 0.252 e. The van der Waals surface area contributed by atoms with E-state index >= 15 is 0 Å². The summed E-state index contributed by atoms with van der Waals surface area (Å²) in [7, 11) is 0. The lowest BCUT2D eigenvalue weighted by molar-refractivity contribution is 0.0935. The average Bonchev–Trinajstić information content (AvgIpc) is 3.00. The van der Waals surface area contributed by atoms with Gasteiger partial charge in [-0.15, -0.1) is 0 Å². The van der Waals surface area contributed by atoms with Crippen LogP contribution in [0, 0.1) is 13.8 Å². The van der Waals surface area contributed by atoms with Crippen molar-refractivity contribution in [3.63, 3.8) is 0 Å². The van der Waals surface area contributed by atoms with Gasteiger partial charge in [0.05, 0.1) is 12.6 Å². The largest absolute Gasteiger partial charge is 0.490 e. The Morgan fingerprint density at radius 1 is 1.20 bits per heavy atom. The number of carbonyl (C=O) groups excluding carboxylic acids is 1. The van der Waals surface area contributed by atoms with Crippen molar-refractivity contribution in [2.45, 2.75) is 33.7 Å². The second-order valence-corrected chi connectivity index (χ2v) is 6.27. The Hall–Kier alpha value is -2.75. The molecule has 0 saturated carbocycles. The zero-order chi connectivity index (χ0) is 18.0. The van der Waals surface area contributed by atoms with Crippen LogP contribution < -0.4 is 10.1 Å². The highest BCUT2D eigenvalue weighted by Crippen LogP contribution is 2.31. The fourth-order valence-electron chi connectivity index (χ4n) is 2.95. The fraction of sp³-hybridized carbons (Fsp3) is 0.286. The molecule has 0 spiro atoms. The van der Waals surface area contributed by atoms with Crippen LogP contribution in [-0.4, -0.2) is 12.5 Å². The summed E-state index contributed by atoms with van der Waals surface area (Å²) in [4.78, 5) is 12.6. The van der Waals surface area contributed by atoms with Crippen molar-refractivity contribution in [3.8, 4) is 5.75 Å². The van der Waals surface area contributed by atoms with Gasteiger partial charge in [-0.1, -0.05) is 29.8 Å². The number of benzene rings is 2. The summed E-state index contributed by atoms with van der Waals surface area (Å²) in [5.41, 5.74) is 3.51. The molecule has 0 aliphatic heterocycles. The van der Waals surface area contributed by atoms with Gasteiger partial charge in [-0.2, -0.15) is 0 Å². The molecule has 1 N–H and O–H groups in total. The first-order valence-electron chi connectivity index (χ1n) is 8.53. The summed E-state index contributed by atoms with van der Waals surface area (Å²) in [5, 5.41) is 3.98. The van der Waals surface area contributed by atoms with Crippen molar-refractivity contribution in [2.24, 2.45) is 0 Å². The molecule has 25 heavy (non-hydrogen) atoms. The van der Waals surface area contributed by atoms with Gasteiger partial charge in [-0.3, -0.25) is 4.79 Å². The predicted octanol–water partition coefficient (Wildman–Crippen LogP) is 4.94. The molecule has 0 radical (unpaired) electrons. The molecule has 1 atom stereocenters. The predicted molar refractivity (Wildman–Crippen MR) is 99.2 cm³/mol. The van der Waals surface area contributed by atoms with Crippen molar-refractivity contribution >= 4 is 16.9 Å². The quantitative estimate of drug-likeness (QED) is 0.717. The number of nitrogens with one attached hydrogen (secondary N) is 1. The van der Waals surface area contributed by atoms with Crippen LogP contribution in [-0.2, 0) is 0 Å². The van der Waals surface area contributed by atoms with E-state index in [9.17, 15) is 4.79 Å². The zero-order valence-corrected chi connectivity index (χ0v) is 15.1. The molecule has 0 bridgehead atoms. The highest BCUT2D eigenvalue weighted by molar-refractivity contribution is 5.96. The molecule has 1 amide bonds. The van der Waals surface area contributed by atoms with Crippen LogP contribution in [0.2, 0.25) is 0 Å². The minimum atomic E-state index is -0.241. The lowest BCUT2D eigenvalue weighted by atomic mass is 10.0. The standard InChI is InChI=1S/C21H23NO3/c1-5-24-18-8-6-7-16-12-19(25-20(16)18)15(4)22-21(23)17-10-9-13(2)11-14(17)3/h6-12,15H,5H2,1-4H3,(H,22,23). The third-order valence-corrected chi connectivity index (χ3v) is 4.23. The van der Waals surface area contributed by atoms with Gasteiger partial charge in [-0.25, -0.2) is 0 Å². The summed E-state index contributed by atoms with van der Waals surface area (Å²) in [6, 6.07) is 13.3. The Morgan fingerprint density at radius 3 is 2.72 bits per heavy atom. The number of hydrogen-bond acceptors (Lipinski definition) is 3. The van der Waals surface area contributed by atoms with E-state index in [0.29, 0.717) is 23.5 Å². The Balaban J connectivity index is 1.83. The third-order valence-electron chi connectivity index (χ3n) is 4.23. The maximum atomic E-state index is 12.6. The molecule has 0 aliphatic carbocycles. The summed E-state index contributed by atoms with van der Waals surface area (Å²) in [6.45, 7) is 8.40. The van der Waals surface area contributed by atoms with E-state index in [1.807, 2.05) is 70.2 Å². The number of hydrogen-bond donors (Lipinski definition) is 1. The van der Waals surface area contributed by atoms with Crippen LogP contribution in [0.4, 0.5) is 0 Å². The van der Waals surface area contributed by atoms with E-state index in [0.717, 1.165) is 22.3 Å². The molecule has 130 valence electrons. The monoisotopic (exact) mass is 337 g/mol. The molecule has 0 fully saturated rings. The highest BCUT2D eigenvalue weighted by Gasteiger charge is 2.18. The molecule has 1 heterocycles. The minimum Gasteiger partial charge on any atom is -0.490 e. The number of rotatable bonds is 5. The molecule has 1 aromatic heterocycles. The first-order chi connectivity index (χ1) is 12.0. The first-order valence-corrected chi connectivity index (χ1v) is 8.53. The molecule has 4 heteroatoms. The van der Waals surface area contributed by atoms with E-state index in [2.05, 4.69) is 5.32 Å². The van der Waals surface area contributed by atoms with Crippen LogP contribution >= 0.6 is 0 Å². The minimum absolute atomic E-state index is 0.101.